The molecule has 100 valence electrons. The molecule has 19 heavy (non-hydrogen) atoms. The van der Waals surface area contributed by atoms with E-state index in [1.54, 1.807) is 6.07 Å². The molecule has 1 aromatic heterocycles. The number of rotatable bonds is 4. The summed E-state index contributed by atoms with van der Waals surface area (Å²) in [5, 5.41) is 3.51. The van der Waals surface area contributed by atoms with Crippen molar-refractivity contribution in [1.82, 2.24) is 15.0 Å². The zero-order valence-electron chi connectivity index (χ0n) is 10.0. The highest BCUT2D eigenvalue weighted by atomic mass is 79.9. The molecular weight excluding hydrogens is 334 g/mol. The molecule has 0 unspecified atom stereocenters. The highest BCUT2D eigenvalue weighted by molar-refractivity contribution is 9.10. The number of ether oxygens (including phenoxy) is 1. The molecule has 1 heterocycles. The lowest BCUT2D eigenvalue weighted by atomic mass is 10.3. The lowest BCUT2D eigenvalue weighted by Crippen LogP contribution is -2.06. The van der Waals surface area contributed by atoms with E-state index in [2.05, 4.69) is 36.2 Å². The zero-order valence-corrected chi connectivity index (χ0v) is 12.4. The van der Waals surface area contributed by atoms with E-state index in [1.807, 2.05) is 19.1 Å². The van der Waals surface area contributed by atoms with Gasteiger partial charge in [0.15, 0.2) is 0 Å². The second-order valence-electron chi connectivity index (χ2n) is 3.48. The van der Waals surface area contributed by atoms with Crippen molar-refractivity contribution in [2.75, 3.05) is 17.7 Å². The third-order valence-corrected chi connectivity index (χ3v) is 2.90. The summed E-state index contributed by atoms with van der Waals surface area (Å²) in [5.74, 6) is 0.350. The summed E-state index contributed by atoms with van der Waals surface area (Å²) in [6, 6.07) is 5.56. The van der Waals surface area contributed by atoms with Crippen molar-refractivity contribution in [2.24, 2.45) is 0 Å². The minimum atomic E-state index is 0.0760. The number of halogens is 2. The standard InChI is InChI=1S/C11H11BrClN5O/c1-2-19-11-17-9(14)16-10(18-11)15-8-5-6(12)3-4-7(8)13/h3-5H,2H2,1H3,(H3,14,15,16,17,18). The van der Waals surface area contributed by atoms with Gasteiger partial charge in [0.05, 0.1) is 17.3 Å². The summed E-state index contributed by atoms with van der Waals surface area (Å²) in [6.45, 7) is 2.28. The van der Waals surface area contributed by atoms with Crippen molar-refractivity contribution in [3.8, 4) is 6.01 Å². The van der Waals surface area contributed by atoms with Gasteiger partial charge in [0.25, 0.3) is 0 Å². The predicted molar refractivity (Wildman–Crippen MR) is 77.8 cm³/mol. The molecule has 2 rings (SSSR count). The smallest absolute Gasteiger partial charge is 0.323 e. The lowest BCUT2D eigenvalue weighted by molar-refractivity contribution is 0.312. The van der Waals surface area contributed by atoms with Gasteiger partial charge >= 0.3 is 6.01 Å². The first-order valence-electron chi connectivity index (χ1n) is 5.45. The Bertz CT molecular complexity index is 595. The topological polar surface area (TPSA) is 86.0 Å². The molecule has 0 aliphatic rings. The summed E-state index contributed by atoms with van der Waals surface area (Å²) in [7, 11) is 0. The van der Waals surface area contributed by atoms with Crippen molar-refractivity contribution in [3.63, 3.8) is 0 Å². The number of nitrogens with one attached hydrogen (secondary N) is 1. The molecule has 0 bridgehead atoms. The van der Waals surface area contributed by atoms with Gasteiger partial charge in [-0.1, -0.05) is 27.5 Å². The van der Waals surface area contributed by atoms with Crippen LogP contribution in [0.4, 0.5) is 17.6 Å². The Kier molecular flexibility index (Phi) is 4.39. The number of nitrogens with two attached hydrogens (primary N) is 1. The van der Waals surface area contributed by atoms with E-state index in [4.69, 9.17) is 22.1 Å². The number of hydrogen-bond donors (Lipinski definition) is 2. The van der Waals surface area contributed by atoms with Gasteiger partial charge < -0.3 is 15.8 Å². The fourth-order valence-electron chi connectivity index (χ4n) is 1.34. The van der Waals surface area contributed by atoms with Gasteiger partial charge in [0.1, 0.15) is 0 Å². The van der Waals surface area contributed by atoms with Crippen molar-refractivity contribution in [2.45, 2.75) is 6.92 Å². The minimum Gasteiger partial charge on any atom is -0.464 e. The Balaban J connectivity index is 2.29. The second-order valence-corrected chi connectivity index (χ2v) is 4.80. The van der Waals surface area contributed by atoms with E-state index in [0.717, 1.165) is 4.47 Å². The molecule has 0 atom stereocenters. The number of nitrogens with zero attached hydrogens (tertiary/aromatic N) is 3. The van der Waals surface area contributed by atoms with Crippen LogP contribution in [0.5, 0.6) is 6.01 Å². The Morgan fingerprint density at radius 2 is 2.16 bits per heavy atom. The van der Waals surface area contributed by atoms with E-state index in [-0.39, 0.29) is 17.9 Å². The summed E-state index contributed by atoms with van der Waals surface area (Å²) >= 11 is 9.43. The number of hydrogen-bond acceptors (Lipinski definition) is 6. The number of nitrogen functional groups attached to an aromatic ring is 1. The monoisotopic (exact) mass is 343 g/mol. The molecule has 8 heteroatoms. The summed E-state index contributed by atoms with van der Waals surface area (Å²) in [5.41, 5.74) is 6.24. The molecule has 0 amide bonds. The van der Waals surface area contributed by atoms with Crippen LogP contribution < -0.4 is 15.8 Å². The maximum absolute atomic E-state index is 6.07. The van der Waals surface area contributed by atoms with Gasteiger partial charge in [0.2, 0.25) is 11.9 Å². The Morgan fingerprint density at radius 3 is 2.89 bits per heavy atom. The molecule has 1 aromatic carbocycles. The first-order chi connectivity index (χ1) is 9.08. The van der Waals surface area contributed by atoms with E-state index in [0.29, 0.717) is 17.3 Å². The van der Waals surface area contributed by atoms with Gasteiger partial charge in [-0.3, -0.25) is 0 Å². The second kappa shape index (κ2) is 6.03. The molecule has 0 saturated heterocycles. The SMILES string of the molecule is CCOc1nc(N)nc(Nc2cc(Br)ccc2Cl)n1. The minimum absolute atomic E-state index is 0.0760. The molecule has 0 fully saturated rings. The van der Waals surface area contributed by atoms with Crippen molar-refractivity contribution < 1.29 is 4.74 Å². The highest BCUT2D eigenvalue weighted by Gasteiger charge is 2.08. The van der Waals surface area contributed by atoms with Crippen molar-refractivity contribution in [1.29, 1.82) is 0 Å². The lowest BCUT2D eigenvalue weighted by Gasteiger charge is -2.09. The highest BCUT2D eigenvalue weighted by Crippen LogP contribution is 2.27. The van der Waals surface area contributed by atoms with Gasteiger partial charge in [-0.25, -0.2) is 0 Å². The normalized spacial score (nSPS) is 10.3. The third kappa shape index (κ3) is 3.68. The Labute approximate surface area is 123 Å². The fraction of sp³-hybridized carbons (Fsp3) is 0.182. The summed E-state index contributed by atoms with van der Waals surface area (Å²) < 4.78 is 6.08. The summed E-state index contributed by atoms with van der Waals surface area (Å²) in [6.07, 6.45) is 0. The van der Waals surface area contributed by atoms with Gasteiger partial charge in [-0.05, 0) is 25.1 Å². The van der Waals surface area contributed by atoms with Crippen LogP contribution in [0.3, 0.4) is 0 Å². The van der Waals surface area contributed by atoms with Crippen LogP contribution in [0, 0.1) is 0 Å². The van der Waals surface area contributed by atoms with E-state index in [1.165, 1.54) is 0 Å². The van der Waals surface area contributed by atoms with Crippen LogP contribution in [0.25, 0.3) is 0 Å². The molecular formula is C11H11BrClN5O. The predicted octanol–water partition coefficient (Wildman–Crippen LogP) is 3.01. The largest absolute Gasteiger partial charge is 0.464 e. The van der Waals surface area contributed by atoms with Gasteiger partial charge in [0, 0.05) is 4.47 Å². The van der Waals surface area contributed by atoms with Crippen LogP contribution in [0.15, 0.2) is 22.7 Å². The van der Waals surface area contributed by atoms with Gasteiger partial charge in [-0.2, -0.15) is 15.0 Å². The van der Waals surface area contributed by atoms with Crippen LogP contribution in [0.2, 0.25) is 5.02 Å². The molecule has 2 aromatic rings. The molecule has 0 aliphatic carbocycles. The average Bonchev–Trinajstić information content (AvgIpc) is 2.33. The third-order valence-electron chi connectivity index (χ3n) is 2.08. The summed E-state index contributed by atoms with van der Waals surface area (Å²) in [4.78, 5) is 11.9. The first kappa shape index (κ1) is 13.8. The van der Waals surface area contributed by atoms with Crippen LogP contribution in [-0.2, 0) is 0 Å². The van der Waals surface area contributed by atoms with Crippen LogP contribution in [-0.4, -0.2) is 21.6 Å². The number of aromatic nitrogens is 3. The average molecular weight is 345 g/mol. The molecule has 6 nitrogen and oxygen atoms in total. The Morgan fingerprint density at radius 1 is 1.37 bits per heavy atom. The van der Waals surface area contributed by atoms with Crippen molar-refractivity contribution in [3.05, 3.63) is 27.7 Å². The molecule has 0 spiro atoms. The zero-order chi connectivity index (χ0) is 13.8. The molecule has 0 radical (unpaired) electrons. The fourth-order valence-corrected chi connectivity index (χ4v) is 1.86. The number of anilines is 3. The van der Waals surface area contributed by atoms with Crippen LogP contribution in [0.1, 0.15) is 6.92 Å². The Hall–Kier alpha value is -1.60. The van der Waals surface area contributed by atoms with Crippen molar-refractivity contribution >= 4 is 45.1 Å². The maximum atomic E-state index is 6.07. The maximum Gasteiger partial charge on any atom is 0.323 e. The van der Waals surface area contributed by atoms with E-state index in [9.17, 15) is 0 Å². The molecule has 0 saturated carbocycles. The van der Waals surface area contributed by atoms with Gasteiger partial charge in [-0.15, -0.1) is 0 Å². The first-order valence-corrected chi connectivity index (χ1v) is 6.62. The quantitative estimate of drug-likeness (QED) is 0.886. The molecule has 0 aliphatic heterocycles. The van der Waals surface area contributed by atoms with Crippen LogP contribution >= 0.6 is 27.5 Å². The van der Waals surface area contributed by atoms with E-state index < -0.39 is 0 Å². The van der Waals surface area contributed by atoms with E-state index >= 15 is 0 Å². The number of benzene rings is 1. The molecule has 3 N–H and O–H groups in total.